The average molecular weight is 285 g/mol. The smallest absolute Gasteiger partial charge is 0.153 e. The molecule has 1 unspecified atom stereocenters. The SMILES string of the molecule is Fc1cc(F)c2nc(CC3CNc4ccccc43)[nH]c2c1. The van der Waals surface area contributed by atoms with E-state index in [0.29, 0.717) is 17.8 Å². The fourth-order valence-corrected chi connectivity index (χ4v) is 2.96. The number of nitrogens with zero attached hydrogens (tertiary/aromatic N) is 1. The third-order valence-electron chi connectivity index (χ3n) is 3.93. The van der Waals surface area contributed by atoms with Crippen LogP contribution >= 0.6 is 0 Å². The first-order valence-electron chi connectivity index (χ1n) is 6.87. The maximum absolute atomic E-state index is 13.7. The zero-order valence-corrected chi connectivity index (χ0v) is 11.2. The number of nitrogens with one attached hydrogen (secondary N) is 2. The van der Waals surface area contributed by atoms with Crippen molar-refractivity contribution in [1.82, 2.24) is 9.97 Å². The first kappa shape index (κ1) is 12.3. The van der Waals surface area contributed by atoms with E-state index in [9.17, 15) is 8.78 Å². The van der Waals surface area contributed by atoms with Crippen molar-refractivity contribution in [2.24, 2.45) is 0 Å². The topological polar surface area (TPSA) is 40.7 Å². The standard InChI is InChI=1S/C16H13F2N3/c17-10-6-12(18)16-14(7-10)20-15(21-16)5-9-8-19-13-4-2-1-3-11(9)13/h1-4,6-7,9,19H,5,8H2,(H,20,21). The molecule has 5 heteroatoms. The van der Waals surface area contributed by atoms with E-state index in [2.05, 4.69) is 21.4 Å². The number of rotatable bonds is 2. The summed E-state index contributed by atoms with van der Waals surface area (Å²) in [5, 5.41) is 3.35. The number of H-pyrrole nitrogens is 1. The van der Waals surface area contributed by atoms with Crippen LogP contribution in [-0.2, 0) is 6.42 Å². The Morgan fingerprint density at radius 2 is 2.05 bits per heavy atom. The van der Waals surface area contributed by atoms with Gasteiger partial charge in [0.15, 0.2) is 5.82 Å². The first-order chi connectivity index (χ1) is 10.2. The largest absolute Gasteiger partial charge is 0.384 e. The number of aromatic nitrogens is 2. The second-order valence-corrected chi connectivity index (χ2v) is 5.34. The predicted molar refractivity (Wildman–Crippen MR) is 77.4 cm³/mol. The van der Waals surface area contributed by atoms with Crippen LogP contribution in [0.15, 0.2) is 36.4 Å². The van der Waals surface area contributed by atoms with Crippen LogP contribution in [0.3, 0.4) is 0 Å². The molecule has 0 spiro atoms. The summed E-state index contributed by atoms with van der Waals surface area (Å²) in [5.74, 6) is -0.256. The number of imidazole rings is 1. The zero-order valence-electron chi connectivity index (χ0n) is 11.2. The molecule has 0 aliphatic carbocycles. The Bertz CT molecular complexity index is 826. The van der Waals surface area contributed by atoms with Crippen LogP contribution in [0.5, 0.6) is 0 Å². The van der Waals surface area contributed by atoms with Gasteiger partial charge in [-0.2, -0.15) is 0 Å². The average Bonchev–Trinajstić information content (AvgIpc) is 3.04. The second kappa shape index (κ2) is 4.55. The molecular weight excluding hydrogens is 272 g/mol. The van der Waals surface area contributed by atoms with Gasteiger partial charge in [-0.25, -0.2) is 13.8 Å². The lowest BCUT2D eigenvalue weighted by Crippen LogP contribution is -2.06. The molecule has 1 aliphatic heterocycles. The molecule has 2 heterocycles. The number of hydrogen-bond acceptors (Lipinski definition) is 2. The molecule has 3 aromatic rings. The summed E-state index contributed by atoms with van der Waals surface area (Å²) in [4.78, 5) is 7.28. The van der Waals surface area contributed by atoms with Gasteiger partial charge in [-0.05, 0) is 17.7 Å². The number of benzene rings is 2. The first-order valence-corrected chi connectivity index (χ1v) is 6.87. The summed E-state index contributed by atoms with van der Waals surface area (Å²) in [5.41, 5.74) is 2.98. The van der Waals surface area contributed by atoms with Gasteiger partial charge >= 0.3 is 0 Å². The highest BCUT2D eigenvalue weighted by molar-refractivity contribution is 5.75. The van der Waals surface area contributed by atoms with E-state index in [4.69, 9.17) is 0 Å². The Balaban J connectivity index is 1.68. The Morgan fingerprint density at radius 1 is 1.19 bits per heavy atom. The molecule has 106 valence electrons. The second-order valence-electron chi connectivity index (χ2n) is 5.34. The van der Waals surface area contributed by atoms with Crippen molar-refractivity contribution in [2.75, 3.05) is 11.9 Å². The summed E-state index contributed by atoms with van der Waals surface area (Å²) in [7, 11) is 0. The summed E-state index contributed by atoms with van der Waals surface area (Å²) in [6, 6.07) is 10.3. The molecule has 0 fully saturated rings. The summed E-state index contributed by atoms with van der Waals surface area (Å²) in [6.45, 7) is 0.827. The lowest BCUT2D eigenvalue weighted by atomic mass is 9.98. The van der Waals surface area contributed by atoms with Crippen molar-refractivity contribution in [3.8, 4) is 0 Å². The molecule has 0 amide bonds. The zero-order chi connectivity index (χ0) is 14.4. The Kier molecular flexibility index (Phi) is 2.67. The molecule has 3 nitrogen and oxygen atoms in total. The Hall–Kier alpha value is -2.43. The molecule has 0 radical (unpaired) electrons. The Morgan fingerprint density at radius 3 is 2.95 bits per heavy atom. The normalized spacial score (nSPS) is 17.0. The van der Waals surface area contributed by atoms with Crippen LogP contribution in [0.1, 0.15) is 17.3 Å². The van der Waals surface area contributed by atoms with Gasteiger partial charge in [-0.3, -0.25) is 0 Å². The minimum absolute atomic E-state index is 0.200. The molecule has 21 heavy (non-hydrogen) atoms. The molecule has 0 bridgehead atoms. The van der Waals surface area contributed by atoms with Crippen LogP contribution in [0.2, 0.25) is 0 Å². The molecule has 1 aliphatic rings. The number of para-hydroxylation sites is 1. The van der Waals surface area contributed by atoms with Crippen LogP contribution in [-0.4, -0.2) is 16.5 Å². The van der Waals surface area contributed by atoms with Crippen LogP contribution in [0.4, 0.5) is 14.5 Å². The molecule has 1 atom stereocenters. The number of fused-ring (bicyclic) bond motifs is 2. The fourth-order valence-electron chi connectivity index (χ4n) is 2.96. The number of hydrogen-bond donors (Lipinski definition) is 2. The summed E-state index contributed by atoms with van der Waals surface area (Å²) < 4.78 is 26.9. The quantitative estimate of drug-likeness (QED) is 0.755. The fraction of sp³-hybridized carbons (Fsp3) is 0.188. The minimum atomic E-state index is -0.627. The summed E-state index contributed by atoms with van der Waals surface area (Å²) >= 11 is 0. The van der Waals surface area contributed by atoms with E-state index in [1.54, 1.807) is 0 Å². The number of aromatic amines is 1. The van der Waals surface area contributed by atoms with Crippen molar-refractivity contribution < 1.29 is 8.78 Å². The van der Waals surface area contributed by atoms with Gasteiger partial charge in [-0.1, -0.05) is 18.2 Å². The lowest BCUT2D eigenvalue weighted by molar-refractivity contribution is 0.590. The highest BCUT2D eigenvalue weighted by Crippen LogP contribution is 2.33. The predicted octanol–water partition coefficient (Wildman–Crippen LogP) is 3.59. The van der Waals surface area contributed by atoms with Gasteiger partial charge in [0.2, 0.25) is 0 Å². The van der Waals surface area contributed by atoms with Gasteiger partial charge in [0.1, 0.15) is 17.2 Å². The van der Waals surface area contributed by atoms with E-state index in [-0.39, 0.29) is 11.4 Å². The van der Waals surface area contributed by atoms with Crippen LogP contribution < -0.4 is 5.32 Å². The monoisotopic (exact) mass is 285 g/mol. The number of anilines is 1. The third kappa shape index (κ3) is 2.05. The molecule has 4 rings (SSSR count). The summed E-state index contributed by atoms with van der Waals surface area (Å²) in [6.07, 6.45) is 0.666. The van der Waals surface area contributed by atoms with Gasteiger partial charge in [0, 0.05) is 30.6 Å². The van der Waals surface area contributed by atoms with E-state index in [1.807, 2.05) is 18.2 Å². The van der Waals surface area contributed by atoms with E-state index >= 15 is 0 Å². The van der Waals surface area contributed by atoms with E-state index in [0.717, 1.165) is 18.3 Å². The van der Waals surface area contributed by atoms with Crippen molar-refractivity contribution in [1.29, 1.82) is 0 Å². The molecule has 0 saturated carbocycles. The van der Waals surface area contributed by atoms with Gasteiger partial charge in [-0.15, -0.1) is 0 Å². The maximum atomic E-state index is 13.7. The highest BCUT2D eigenvalue weighted by atomic mass is 19.1. The Labute approximate surface area is 120 Å². The maximum Gasteiger partial charge on any atom is 0.153 e. The number of halogens is 2. The molecule has 1 aromatic heterocycles. The highest BCUT2D eigenvalue weighted by Gasteiger charge is 2.23. The van der Waals surface area contributed by atoms with Crippen molar-refractivity contribution in [3.05, 3.63) is 59.4 Å². The molecular formula is C16H13F2N3. The minimum Gasteiger partial charge on any atom is -0.384 e. The van der Waals surface area contributed by atoms with E-state index < -0.39 is 11.6 Å². The van der Waals surface area contributed by atoms with Crippen molar-refractivity contribution in [2.45, 2.75) is 12.3 Å². The van der Waals surface area contributed by atoms with Crippen molar-refractivity contribution >= 4 is 16.7 Å². The third-order valence-corrected chi connectivity index (χ3v) is 3.93. The van der Waals surface area contributed by atoms with Crippen molar-refractivity contribution in [3.63, 3.8) is 0 Å². The van der Waals surface area contributed by atoms with Gasteiger partial charge < -0.3 is 10.3 Å². The van der Waals surface area contributed by atoms with Crippen LogP contribution in [0, 0.1) is 11.6 Å². The molecule has 0 saturated heterocycles. The molecule has 2 N–H and O–H groups in total. The lowest BCUT2D eigenvalue weighted by Gasteiger charge is -2.07. The van der Waals surface area contributed by atoms with Crippen LogP contribution in [0.25, 0.3) is 11.0 Å². The van der Waals surface area contributed by atoms with E-state index in [1.165, 1.54) is 11.6 Å². The van der Waals surface area contributed by atoms with Gasteiger partial charge in [0.25, 0.3) is 0 Å². The molecule has 2 aromatic carbocycles. The van der Waals surface area contributed by atoms with Gasteiger partial charge in [0.05, 0.1) is 5.52 Å².